The summed E-state index contributed by atoms with van der Waals surface area (Å²) in [5.74, 6) is 1.17. The van der Waals surface area contributed by atoms with E-state index in [1.807, 2.05) is 30.3 Å². The summed E-state index contributed by atoms with van der Waals surface area (Å²) in [5.41, 5.74) is 1.49. The van der Waals surface area contributed by atoms with E-state index in [0.29, 0.717) is 39.0 Å². The minimum Gasteiger partial charge on any atom is -0.454 e. The molecule has 0 saturated heterocycles. The topological polar surface area (TPSA) is 77.8 Å². The lowest BCUT2D eigenvalue weighted by atomic mass is 10.2. The van der Waals surface area contributed by atoms with E-state index in [9.17, 15) is 4.79 Å². The number of nitrogens with zero attached hydrogens (tertiary/aromatic N) is 3. The standard InChI is InChI=1S/C17H12N4O3S/c22-15-11-6-13-14(24-9-23-13)7-12(11)19-17-21(15)20-16(25-17)18-8-10-4-2-1-3-5-10/h1-7H,8-9H2,(H,18,20). The van der Waals surface area contributed by atoms with Crippen molar-refractivity contribution in [1.29, 1.82) is 0 Å². The zero-order valence-corrected chi connectivity index (χ0v) is 13.7. The third-order valence-electron chi connectivity index (χ3n) is 3.98. The molecular weight excluding hydrogens is 340 g/mol. The summed E-state index contributed by atoms with van der Waals surface area (Å²) < 4.78 is 12.0. The van der Waals surface area contributed by atoms with Crippen LogP contribution in [0.3, 0.4) is 0 Å². The molecule has 25 heavy (non-hydrogen) atoms. The van der Waals surface area contributed by atoms with Gasteiger partial charge >= 0.3 is 0 Å². The maximum atomic E-state index is 12.7. The summed E-state index contributed by atoms with van der Waals surface area (Å²) >= 11 is 1.34. The molecule has 8 heteroatoms. The molecular formula is C17H12N4O3S. The molecule has 0 amide bonds. The second-order valence-corrected chi connectivity index (χ2v) is 6.54. The molecule has 0 saturated carbocycles. The molecule has 1 N–H and O–H groups in total. The van der Waals surface area contributed by atoms with E-state index in [2.05, 4.69) is 15.4 Å². The fraction of sp³-hybridized carbons (Fsp3) is 0.118. The highest BCUT2D eigenvalue weighted by Crippen LogP contribution is 2.34. The van der Waals surface area contributed by atoms with Crippen LogP contribution in [0.2, 0.25) is 0 Å². The largest absolute Gasteiger partial charge is 0.454 e. The Morgan fingerprint density at radius 1 is 1.16 bits per heavy atom. The van der Waals surface area contributed by atoms with Crippen LogP contribution >= 0.6 is 11.3 Å². The molecule has 1 aliphatic rings. The predicted molar refractivity (Wildman–Crippen MR) is 94.5 cm³/mol. The van der Waals surface area contributed by atoms with Crippen molar-refractivity contribution in [2.75, 3.05) is 12.1 Å². The highest BCUT2D eigenvalue weighted by Gasteiger charge is 2.18. The summed E-state index contributed by atoms with van der Waals surface area (Å²) in [5, 5.41) is 8.69. The van der Waals surface area contributed by atoms with E-state index in [4.69, 9.17) is 9.47 Å². The average Bonchev–Trinajstić information content (AvgIpc) is 3.26. The van der Waals surface area contributed by atoms with Crippen LogP contribution < -0.4 is 20.3 Å². The Labute approximate surface area is 145 Å². The van der Waals surface area contributed by atoms with Gasteiger partial charge in [-0.05, 0) is 11.6 Å². The Hall–Kier alpha value is -3.13. The van der Waals surface area contributed by atoms with Gasteiger partial charge in [0.2, 0.25) is 16.9 Å². The van der Waals surface area contributed by atoms with E-state index in [1.165, 1.54) is 15.9 Å². The van der Waals surface area contributed by atoms with Crippen LogP contribution in [0.25, 0.3) is 15.9 Å². The lowest BCUT2D eigenvalue weighted by Gasteiger charge is -2.01. The van der Waals surface area contributed by atoms with Crippen molar-refractivity contribution in [3.05, 3.63) is 58.4 Å². The molecule has 5 rings (SSSR count). The van der Waals surface area contributed by atoms with Crippen LogP contribution in [-0.2, 0) is 6.54 Å². The van der Waals surface area contributed by atoms with Gasteiger partial charge in [0.15, 0.2) is 11.5 Å². The molecule has 0 bridgehead atoms. The van der Waals surface area contributed by atoms with E-state index in [-0.39, 0.29) is 12.4 Å². The fourth-order valence-corrected chi connectivity index (χ4v) is 3.54. The quantitative estimate of drug-likeness (QED) is 0.611. The van der Waals surface area contributed by atoms with Crippen molar-refractivity contribution in [2.45, 2.75) is 6.54 Å². The third-order valence-corrected chi connectivity index (χ3v) is 4.84. The fourth-order valence-electron chi connectivity index (χ4n) is 2.74. The summed E-state index contributed by atoms with van der Waals surface area (Å²) in [4.78, 5) is 17.8. The normalized spacial score (nSPS) is 12.8. The highest BCUT2D eigenvalue weighted by molar-refractivity contribution is 7.20. The Balaban J connectivity index is 1.56. The maximum Gasteiger partial charge on any atom is 0.283 e. The lowest BCUT2D eigenvalue weighted by molar-refractivity contribution is 0.174. The van der Waals surface area contributed by atoms with Gasteiger partial charge in [-0.15, -0.1) is 5.10 Å². The van der Waals surface area contributed by atoms with Gasteiger partial charge in [0.05, 0.1) is 10.9 Å². The van der Waals surface area contributed by atoms with Gasteiger partial charge in [-0.1, -0.05) is 41.7 Å². The lowest BCUT2D eigenvalue weighted by Crippen LogP contribution is -2.15. The Morgan fingerprint density at radius 3 is 2.80 bits per heavy atom. The Kier molecular flexibility index (Phi) is 3.10. The number of ether oxygens (including phenoxy) is 2. The van der Waals surface area contributed by atoms with Gasteiger partial charge in [-0.2, -0.15) is 4.52 Å². The molecule has 2 aromatic heterocycles. The summed E-state index contributed by atoms with van der Waals surface area (Å²) in [6.45, 7) is 0.790. The monoisotopic (exact) mass is 352 g/mol. The van der Waals surface area contributed by atoms with Crippen molar-refractivity contribution >= 4 is 32.3 Å². The SMILES string of the molecule is O=c1c2cc3c(cc2nc2sc(NCc4ccccc4)nn12)OCO3. The highest BCUT2D eigenvalue weighted by atomic mass is 32.1. The van der Waals surface area contributed by atoms with Crippen molar-refractivity contribution < 1.29 is 9.47 Å². The minimum absolute atomic E-state index is 0.160. The van der Waals surface area contributed by atoms with Crippen LogP contribution in [0.5, 0.6) is 11.5 Å². The molecule has 0 spiro atoms. The number of anilines is 1. The zero-order chi connectivity index (χ0) is 16.8. The molecule has 0 fully saturated rings. The number of nitrogens with one attached hydrogen (secondary N) is 1. The second-order valence-electron chi connectivity index (χ2n) is 5.58. The van der Waals surface area contributed by atoms with Crippen LogP contribution in [0, 0.1) is 0 Å². The first-order valence-electron chi connectivity index (χ1n) is 7.69. The van der Waals surface area contributed by atoms with Crippen molar-refractivity contribution in [3.8, 4) is 11.5 Å². The first kappa shape index (κ1) is 14.2. The van der Waals surface area contributed by atoms with Gasteiger partial charge in [-0.25, -0.2) is 4.98 Å². The van der Waals surface area contributed by atoms with Crippen LogP contribution in [-0.4, -0.2) is 21.4 Å². The molecule has 124 valence electrons. The van der Waals surface area contributed by atoms with Crippen molar-refractivity contribution in [1.82, 2.24) is 14.6 Å². The van der Waals surface area contributed by atoms with Gasteiger partial charge in [0.25, 0.3) is 5.56 Å². The Morgan fingerprint density at radius 2 is 1.96 bits per heavy atom. The number of hydrogen-bond donors (Lipinski definition) is 1. The molecule has 4 aromatic rings. The van der Waals surface area contributed by atoms with E-state index >= 15 is 0 Å². The molecule has 2 aromatic carbocycles. The number of rotatable bonds is 3. The molecule has 1 aliphatic heterocycles. The number of hydrogen-bond acceptors (Lipinski definition) is 7. The van der Waals surface area contributed by atoms with Gasteiger partial charge in [-0.3, -0.25) is 4.79 Å². The summed E-state index contributed by atoms with van der Waals surface area (Å²) in [7, 11) is 0. The van der Waals surface area contributed by atoms with Gasteiger partial charge in [0, 0.05) is 12.6 Å². The number of aromatic nitrogens is 3. The Bertz CT molecular complexity index is 1150. The van der Waals surface area contributed by atoms with Crippen LogP contribution in [0.4, 0.5) is 5.13 Å². The van der Waals surface area contributed by atoms with Crippen LogP contribution in [0.1, 0.15) is 5.56 Å². The minimum atomic E-state index is -0.220. The van der Waals surface area contributed by atoms with E-state index in [0.717, 1.165) is 5.56 Å². The molecule has 7 nitrogen and oxygen atoms in total. The smallest absolute Gasteiger partial charge is 0.283 e. The molecule has 0 radical (unpaired) electrons. The average molecular weight is 352 g/mol. The van der Waals surface area contributed by atoms with Gasteiger partial charge in [0.1, 0.15) is 0 Å². The third kappa shape index (κ3) is 2.38. The van der Waals surface area contributed by atoms with Crippen LogP contribution in [0.15, 0.2) is 47.3 Å². The van der Waals surface area contributed by atoms with Gasteiger partial charge < -0.3 is 14.8 Å². The van der Waals surface area contributed by atoms with Crippen molar-refractivity contribution in [3.63, 3.8) is 0 Å². The first-order chi connectivity index (χ1) is 12.3. The number of benzene rings is 2. The first-order valence-corrected chi connectivity index (χ1v) is 8.50. The summed E-state index contributed by atoms with van der Waals surface area (Å²) in [6.07, 6.45) is 0. The maximum absolute atomic E-state index is 12.7. The second kappa shape index (κ2) is 5.45. The zero-order valence-electron chi connectivity index (χ0n) is 12.9. The predicted octanol–water partition coefficient (Wildman–Crippen LogP) is 2.65. The van der Waals surface area contributed by atoms with Crippen molar-refractivity contribution in [2.24, 2.45) is 0 Å². The molecule has 0 atom stereocenters. The molecule has 0 aliphatic carbocycles. The summed E-state index contributed by atoms with van der Waals surface area (Å²) in [6, 6.07) is 13.4. The van der Waals surface area contributed by atoms with E-state index in [1.54, 1.807) is 12.1 Å². The number of fused-ring (bicyclic) bond motifs is 3. The molecule has 3 heterocycles. The molecule has 0 unspecified atom stereocenters. The van der Waals surface area contributed by atoms with E-state index < -0.39 is 0 Å².